The van der Waals surface area contributed by atoms with Gasteiger partial charge >= 0.3 is 5.97 Å². The molecule has 0 radical (unpaired) electrons. The number of aliphatic carboxylic acids is 1. The van der Waals surface area contributed by atoms with Gasteiger partial charge in [-0.2, -0.15) is 0 Å². The molecular formula is C16H18O3S. The number of benzene rings is 1. The summed E-state index contributed by atoms with van der Waals surface area (Å²) in [6.07, 6.45) is 1.77. The SMILES string of the molecule is CCC1(C(=O)O)C2CCC(=O)C21Sc1cccc(C)c1. The minimum Gasteiger partial charge on any atom is -0.481 e. The third-order valence-electron chi connectivity index (χ3n) is 4.95. The number of carboxylic acid groups (broad SMARTS) is 1. The van der Waals surface area contributed by atoms with E-state index in [2.05, 4.69) is 0 Å². The van der Waals surface area contributed by atoms with Crippen LogP contribution in [0.3, 0.4) is 0 Å². The van der Waals surface area contributed by atoms with E-state index in [-0.39, 0.29) is 11.7 Å². The van der Waals surface area contributed by atoms with Gasteiger partial charge in [0.05, 0.1) is 10.2 Å². The molecule has 0 aromatic heterocycles. The van der Waals surface area contributed by atoms with Crippen LogP contribution in [-0.2, 0) is 9.59 Å². The van der Waals surface area contributed by atoms with Crippen molar-refractivity contribution in [1.29, 1.82) is 0 Å². The zero-order valence-electron chi connectivity index (χ0n) is 11.7. The Bertz CT molecular complexity index is 597. The lowest BCUT2D eigenvalue weighted by molar-refractivity contribution is -0.146. The number of carbonyl (C=O) groups is 2. The van der Waals surface area contributed by atoms with Gasteiger partial charge in [-0.3, -0.25) is 9.59 Å². The lowest BCUT2D eigenvalue weighted by atomic mass is 9.92. The van der Waals surface area contributed by atoms with E-state index in [0.29, 0.717) is 12.8 Å². The molecule has 20 heavy (non-hydrogen) atoms. The first-order valence-corrected chi connectivity index (χ1v) is 7.83. The first-order chi connectivity index (χ1) is 9.49. The van der Waals surface area contributed by atoms with Gasteiger partial charge in [-0.25, -0.2) is 0 Å². The maximum Gasteiger partial charge on any atom is 0.311 e. The van der Waals surface area contributed by atoms with Gasteiger partial charge in [0.1, 0.15) is 0 Å². The van der Waals surface area contributed by atoms with Gasteiger partial charge in [0.2, 0.25) is 0 Å². The number of rotatable bonds is 4. The number of ketones is 1. The molecule has 2 fully saturated rings. The number of hydrogen-bond donors (Lipinski definition) is 1. The minimum absolute atomic E-state index is 0.00416. The molecule has 1 aromatic carbocycles. The van der Waals surface area contributed by atoms with Crippen LogP contribution < -0.4 is 0 Å². The molecular weight excluding hydrogens is 272 g/mol. The van der Waals surface area contributed by atoms with Crippen molar-refractivity contribution in [3.8, 4) is 0 Å². The van der Waals surface area contributed by atoms with Crippen molar-refractivity contribution in [2.45, 2.75) is 42.8 Å². The molecule has 3 rings (SSSR count). The molecule has 0 saturated heterocycles. The van der Waals surface area contributed by atoms with Crippen LogP contribution in [0.2, 0.25) is 0 Å². The van der Waals surface area contributed by atoms with Crippen LogP contribution in [0.5, 0.6) is 0 Å². The van der Waals surface area contributed by atoms with Crippen LogP contribution in [0.4, 0.5) is 0 Å². The molecule has 0 amide bonds. The molecule has 1 N–H and O–H groups in total. The molecule has 2 aliphatic carbocycles. The standard InChI is InChI=1S/C16H18O3S/c1-3-15(14(18)19)12-7-8-13(17)16(12,15)20-11-6-4-5-10(2)9-11/h4-6,9,12H,3,7-8H2,1-2H3,(H,18,19). The van der Waals surface area contributed by atoms with E-state index in [1.807, 2.05) is 38.1 Å². The summed E-state index contributed by atoms with van der Waals surface area (Å²) in [6.45, 7) is 3.89. The number of carbonyl (C=O) groups excluding carboxylic acids is 1. The number of aryl methyl sites for hydroxylation is 1. The summed E-state index contributed by atoms with van der Waals surface area (Å²) >= 11 is 1.48. The van der Waals surface area contributed by atoms with Crippen LogP contribution in [0.1, 0.15) is 31.7 Å². The Balaban J connectivity index is 2.01. The molecule has 0 aliphatic heterocycles. The zero-order valence-corrected chi connectivity index (χ0v) is 12.5. The molecule has 0 bridgehead atoms. The number of Topliss-reactive ketones (excluding diaryl/α,β-unsaturated/α-hetero) is 1. The van der Waals surface area contributed by atoms with Crippen molar-refractivity contribution < 1.29 is 14.7 Å². The molecule has 0 heterocycles. The van der Waals surface area contributed by atoms with Crippen LogP contribution in [0.25, 0.3) is 0 Å². The Morgan fingerprint density at radius 2 is 2.25 bits per heavy atom. The highest BCUT2D eigenvalue weighted by atomic mass is 32.2. The number of thioether (sulfide) groups is 1. The molecule has 3 atom stereocenters. The van der Waals surface area contributed by atoms with Crippen molar-refractivity contribution in [1.82, 2.24) is 0 Å². The van der Waals surface area contributed by atoms with Gasteiger partial charge < -0.3 is 5.11 Å². The van der Waals surface area contributed by atoms with Gasteiger partial charge in [0.15, 0.2) is 5.78 Å². The van der Waals surface area contributed by atoms with Gasteiger partial charge in [-0.05, 0) is 31.9 Å². The summed E-state index contributed by atoms with van der Waals surface area (Å²) in [7, 11) is 0. The molecule has 2 aliphatic rings. The Hall–Kier alpha value is -1.29. The third kappa shape index (κ3) is 1.48. The normalized spacial score (nSPS) is 34.9. The average Bonchev–Trinajstić information content (AvgIpc) is 2.85. The Morgan fingerprint density at radius 1 is 1.50 bits per heavy atom. The van der Waals surface area contributed by atoms with E-state index < -0.39 is 16.1 Å². The van der Waals surface area contributed by atoms with Gasteiger partial charge in [0.25, 0.3) is 0 Å². The molecule has 3 nitrogen and oxygen atoms in total. The van der Waals surface area contributed by atoms with E-state index in [9.17, 15) is 14.7 Å². The molecule has 4 heteroatoms. The van der Waals surface area contributed by atoms with E-state index in [1.54, 1.807) is 0 Å². The average molecular weight is 290 g/mol. The molecule has 3 unspecified atom stereocenters. The Labute approximate surface area is 122 Å². The number of carboxylic acids is 1. The molecule has 1 aromatic rings. The molecule has 2 saturated carbocycles. The second kappa shape index (κ2) is 4.35. The maximum atomic E-state index is 12.4. The summed E-state index contributed by atoms with van der Waals surface area (Å²) in [5, 5.41) is 9.66. The summed E-state index contributed by atoms with van der Waals surface area (Å²) in [4.78, 5) is 25.2. The summed E-state index contributed by atoms with van der Waals surface area (Å²) in [5.74, 6) is -0.688. The van der Waals surface area contributed by atoms with Crippen molar-refractivity contribution in [3.63, 3.8) is 0 Å². The van der Waals surface area contributed by atoms with Crippen molar-refractivity contribution >= 4 is 23.5 Å². The lowest BCUT2D eigenvalue weighted by Gasteiger charge is -2.20. The van der Waals surface area contributed by atoms with Gasteiger partial charge in [0, 0.05) is 17.2 Å². The largest absolute Gasteiger partial charge is 0.481 e. The summed E-state index contributed by atoms with van der Waals surface area (Å²) in [6, 6.07) is 7.96. The first-order valence-electron chi connectivity index (χ1n) is 7.01. The maximum absolute atomic E-state index is 12.4. The van der Waals surface area contributed by atoms with E-state index >= 15 is 0 Å². The van der Waals surface area contributed by atoms with Crippen LogP contribution >= 0.6 is 11.8 Å². The fourth-order valence-electron chi connectivity index (χ4n) is 3.99. The highest BCUT2D eigenvalue weighted by Crippen LogP contribution is 2.77. The summed E-state index contributed by atoms with van der Waals surface area (Å²) < 4.78 is -0.721. The minimum atomic E-state index is -0.850. The third-order valence-corrected chi connectivity index (χ3v) is 6.64. The van der Waals surface area contributed by atoms with Crippen molar-refractivity contribution in [3.05, 3.63) is 29.8 Å². The number of fused-ring (bicyclic) bond motifs is 1. The number of hydrogen-bond acceptors (Lipinski definition) is 3. The quantitative estimate of drug-likeness (QED) is 0.924. The predicted octanol–water partition coefficient (Wildman–Crippen LogP) is 3.30. The first kappa shape index (κ1) is 13.7. The fraction of sp³-hybridized carbons (Fsp3) is 0.500. The van der Waals surface area contributed by atoms with Crippen LogP contribution in [0, 0.1) is 18.3 Å². The highest BCUT2D eigenvalue weighted by Gasteiger charge is 2.85. The van der Waals surface area contributed by atoms with Crippen molar-refractivity contribution in [2.24, 2.45) is 11.3 Å². The van der Waals surface area contributed by atoms with Gasteiger partial charge in [-0.15, -0.1) is 11.8 Å². The monoisotopic (exact) mass is 290 g/mol. The van der Waals surface area contributed by atoms with E-state index in [1.165, 1.54) is 11.8 Å². The Morgan fingerprint density at radius 3 is 2.80 bits per heavy atom. The van der Waals surface area contributed by atoms with Crippen LogP contribution in [0.15, 0.2) is 29.2 Å². The second-order valence-electron chi connectivity index (χ2n) is 5.80. The zero-order chi connectivity index (χ0) is 14.5. The Kier molecular flexibility index (Phi) is 2.98. The predicted molar refractivity (Wildman–Crippen MR) is 77.9 cm³/mol. The second-order valence-corrected chi connectivity index (χ2v) is 7.12. The van der Waals surface area contributed by atoms with E-state index in [0.717, 1.165) is 16.9 Å². The molecule has 106 valence electrons. The highest BCUT2D eigenvalue weighted by molar-refractivity contribution is 8.02. The smallest absolute Gasteiger partial charge is 0.311 e. The van der Waals surface area contributed by atoms with E-state index in [4.69, 9.17) is 0 Å². The summed E-state index contributed by atoms with van der Waals surface area (Å²) in [5.41, 5.74) is 0.281. The lowest BCUT2D eigenvalue weighted by Crippen LogP contribution is -2.32. The topological polar surface area (TPSA) is 54.4 Å². The fourth-order valence-corrected chi connectivity index (χ4v) is 5.93. The molecule has 0 spiro atoms. The van der Waals surface area contributed by atoms with Crippen molar-refractivity contribution in [2.75, 3.05) is 0 Å². The van der Waals surface area contributed by atoms with Crippen LogP contribution in [-0.4, -0.2) is 21.6 Å². The van der Waals surface area contributed by atoms with Gasteiger partial charge in [-0.1, -0.05) is 24.6 Å².